The van der Waals surface area contributed by atoms with Crippen LogP contribution in [-0.4, -0.2) is 40.8 Å². The second-order valence-corrected chi connectivity index (χ2v) is 4.77. The summed E-state index contributed by atoms with van der Waals surface area (Å²) in [7, 11) is 0. The van der Waals surface area contributed by atoms with E-state index in [1.807, 2.05) is 0 Å². The van der Waals surface area contributed by atoms with Crippen LogP contribution in [0.1, 0.15) is 17.3 Å². The third-order valence-electron chi connectivity index (χ3n) is 2.71. The van der Waals surface area contributed by atoms with Crippen LogP contribution in [0.5, 0.6) is 0 Å². The number of hydrogen-bond donors (Lipinski definition) is 1. The average Bonchev–Trinajstić information content (AvgIpc) is 2.32. The fourth-order valence-electron chi connectivity index (χ4n) is 1.75. The molecule has 6 heteroatoms. The molecule has 1 aromatic rings. The van der Waals surface area contributed by atoms with E-state index in [1.54, 1.807) is 24.1 Å². The maximum atomic E-state index is 12.2. The summed E-state index contributed by atoms with van der Waals surface area (Å²) in [6.07, 6.45) is 3.12. The minimum atomic E-state index is -0.435. The number of nitrogens with one attached hydrogen (secondary N) is 1. The van der Waals surface area contributed by atoms with Gasteiger partial charge in [0.15, 0.2) is 0 Å². The molecule has 1 saturated heterocycles. The maximum Gasteiger partial charge on any atom is 0.256 e. The number of nitrogens with zero attached hydrogens (tertiary/aromatic N) is 2. The van der Waals surface area contributed by atoms with E-state index < -0.39 is 6.04 Å². The first-order chi connectivity index (χ1) is 8.09. The van der Waals surface area contributed by atoms with Gasteiger partial charge in [-0.2, -0.15) is 0 Å². The van der Waals surface area contributed by atoms with Crippen molar-refractivity contribution in [2.24, 2.45) is 0 Å². The fraction of sp³-hybridized carbons (Fsp3) is 0.364. The van der Waals surface area contributed by atoms with Crippen LogP contribution in [0, 0.1) is 0 Å². The van der Waals surface area contributed by atoms with Crippen molar-refractivity contribution in [1.29, 1.82) is 0 Å². The van der Waals surface area contributed by atoms with Gasteiger partial charge >= 0.3 is 0 Å². The molecular weight excluding hydrogens is 286 g/mol. The first-order valence-electron chi connectivity index (χ1n) is 5.29. The average molecular weight is 298 g/mol. The summed E-state index contributed by atoms with van der Waals surface area (Å²) in [4.78, 5) is 29.2. The lowest BCUT2D eigenvalue weighted by Gasteiger charge is -2.32. The summed E-state index contributed by atoms with van der Waals surface area (Å²) in [5.41, 5.74) is 0.487. The van der Waals surface area contributed by atoms with E-state index in [1.165, 1.54) is 6.20 Å². The molecule has 2 heterocycles. The van der Waals surface area contributed by atoms with Gasteiger partial charge in [-0.1, -0.05) is 0 Å². The molecule has 0 radical (unpaired) electrons. The summed E-state index contributed by atoms with van der Waals surface area (Å²) in [6, 6.07) is 1.27. The van der Waals surface area contributed by atoms with Crippen LogP contribution in [0.4, 0.5) is 0 Å². The Kier molecular flexibility index (Phi) is 3.42. The van der Waals surface area contributed by atoms with Gasteiger partial charge in [0.2, 0.25) is 5.91 Å². The van der Waals surface area contributed by atoms with Crippen molar-refractivity contribution in [2.45, 2.75) is 13.0 Å². The van der Waals surface area contributed by atoms with Crippen molar-refractivity contribution in [3.8, 4) is 0 Å². The molecule has 1 fully saturated rings. The lowest BCUT2D eigenvalue weighted by atomic mass is 10.1. The Morgan fingerprint density at radius 1 is 1.59 bits per heavy atom. The molecule has 1 aromatic heterocycles. The summed E-state index contributed by atoms with van der Waals surface area (Å²) in [5, 5.41) is 2.72. The molecule has 0 bridgehead atoms. The Bertz CT molecular complexity index is 464. The molecule has 0 saturated carbocycles. The van der Waals surface area contributed by atoms with Crippen molar-refractivity contribution >= 4 is 27.7 Å². The Morgan fingerprint density at radius 3 is 3.06 bits per heavy atom. The van der Waals surface area contributed by atoms with Gasteiger partial charge in [0.1, 0.15) is 6.04 Å². The molecule has 0 spiro atoms. The molecule has 1 N–H and O–H groups in total. The largest absolute Gasteiger partial charge is 0.353 e. The predicted octanol–water partition coefficient (Wildman–Crippen LogP) is 0.805. The maximum absolute atomic E-state index is 12.2. The van der Waals surface area contributed by atoms with Gasteiger partial charge in [0.25, 0.3) is 5.91 Å². The highest BCUT2D eigenvalue weighted by Gasteiger charge is 2.29. The molecule has 1 aliphatic heterocycles. The molecule has 5 nitrogen and oxygen atoms in total. The van der Waals surface area contributed by atoms with Crippen LogP contribution in [0.15, 0.2) is 22.9 Å². The second kappa shape index (κ2) is 4.83. The van der Waals surface area contributed by atoms with Crippen LogP contribution < -0.4 is 5.32 Å². The van der Waals surface area contributed by atoms with Gasteiger partial charge in [0, 0.05) is 30.0 Å². The first-order valence-corrected chi connectivity index (χ1v) is 6.08. The highest BCUT2D eigenvalue weighted by atomic mass is 79.9. The van der Waals surface area contributed by atoms with Gasteiger partial charge < -0.3 is 10.2 Å². The molecule has 1 atom stereocenters. The Morgan fingerprint density at radius 2 is 2.35 bits per heavy atom. The quantitative estimate of drug-likeness (QED) is 0.834. The highest BCUT2D eigenvalue weighted by Crippen LogP contribution is 2.14. The van der Waals surface area contributed by atoms with Gasteiger partial charge in [-0.25, -0.2) is 0 Å². The van der Waals surface area contributed by atoms with Crippen LogP contribution in [-0.2, 0) is 4.79 Å². The molecule has 0 aromatic carbocycles. The molecule has 0 aliphatic carbocycles. The Balaban J connectivity index is 2.22. The van der Waals surface area contributed by atoms with E-state index >= 15 is 0 Å². The van der Waals surface area contributed by atoms with E-state index in [-0.39, 0.29) is 11.8 Å². The van der Waals surface area contributed by atoms with Crippen molar-refractivity contribution < 1.29 is 9.59 Å². The number of piperazine rings is 1. The zero-order chi connectivity index (χ0) is 12.4. The number of carbonyl (C=O) groups excluding carboxylic acids is 2. The minimum Gasteiger partial charge on any atom is -0.353 e. The summed E-state index contributed by atoms with van der Waals surface area (Å²) < 4.78 is 0.748. The first kappa shape index (κ1) is 12.0. The summed E-state index contributed by atoms with van der Waals surface area (Å²) in [5.74, 6) is -0.284. The van der Waals surface area contributed by atoms with Crippen LogP contribution in [0.3, 0.4) is 0 Å². The standard InChI is InChI=1S/C11H12BrN3O2/c1-7-10(16)14-2-3-15(7)11(17)8-4-9(12)6-13-5-8/h4-7H,2-3H2,1H3,(H,14,16). The van der Waals surface area contributed by atoms with Crippen LogP contribution in [0.25, 0.3) is 0 Å². The zero-order valence-corrected chi connectivity index (χ0v) is 10.9. The van der Waals surface area contributed by atoms with Crippen molar-refractivity contribution in [3.63, 3.8) is 0 Å². The smallest absolute Gasteiger partial charge is 0.256 e. The second-order valence-electron chi connectivity index (χ2n) is 3.86. The Hall–Kier alpha value is -1.43. The van der Waals surface area contributed by atoms with Crippen LogP contribution in [0.2, 0.25) is 0 Å². The molecule has 1 unspecified atom stereocenters. The molecule has 2 rings (SSSR count). The van der Waals surface area contributed by atoms with Crippen molar-refractivity contribution in [2.75, 3.05) is 13.1 Å². The lowest BCUT2D eigenvalue weighted by Crippen LogP contribution is -2.55. The SMILES string of the molecule is CC1C(=O)NCCN1C(=O)c1cncc(Br)c1. The van der Waals surface area contributed by atoms with Crippen LogP contribution >= 0.6 is 15.9 Å². The third kappa shape index (κ3) is 2.46. The normalized spacial score (nSPS) is 20.0. The number of carbonyl (C=O) groups is 2. The van der Waals surface area contributed by atoms with E-state index in [4.69, 9.17) is 0 Å². The topological polar surface area (TPSA) is 62.3 Å². The summed E-state index contributed by atoms with van der Waals surface area (Å²) >= 11 is 3.27. The number of halogens is 1. The summed E-state index contributed by atoms with van der Waals surface area (Å²) in [6.45, 7) is 2.74. The minimum absolute atomic E-state index is 0.118. The van der Waals surface area contributed by atoms with Gasteiger partial charge in [-0.05, 0) is 28.9 Å². The molecular formula is C11H12BrN3O2. The van der Waals surface area contributed by atoms with Crippen molar-refractivity contribution in [1.82, 2.24) is 15.2 Å². The van der Waals surface area contributed by atoms with E-state index in [0.29, 0.717) is 18.7 Å². The number of amides is 2. The Labute approximate surface area is 107 Å². The zero-order valence-electron chi connectivity index (χ0n) is 9.31. The van der Waals surface area contributed by atoms with Crippen molar-refractivity contribution in [3.05, 3.63) is 28.5 Å². The van der Waals surface area contributed by atoms with E-state index in [2.05, 4.69) is 26.2 Å². The van der Waals surface area contributed by atoms with Gasteiger partial charge in [0.05, 0.1) is 5.56 Å². The molecule has 90 valence electrons. The molecule has 1 aliphatic rings. The third-order valence-corrected chi connectivity index (χ3v) is 3.15. The highest BCUT2D eigenvalue weighted by molar-refractivity contribution is 9.10. The molecule has 17 heavy (non-hydrogen) atoms. The lowest BCUT2D eigenvalue weighted by molar-refractivity contribution is -0.127. The number of aromatic nitrogens is 1. The molecule has 2 amide bonds. The number of rotatable bonds is 1. The fourth-order valence-corrected chi connectivity index (χ4v) is 2.12. The van der Waals surface area contributed by atoms with E-state index in [0.717, 1.165) is 4.47 Å². The van der Waals surface area contributed by atoms with Gasteiger partial charge in [-0.3, -0.25) is 14.6 Å². The number of hydrogen-bond acceptors (Lipinski definition) is 3. The monoisotopic (exact) mass is 297 g/mol. The van der Waals surface area contributed by atoms with E-state index in [9.17, 15) is 9.59 Å². The predicted molar refractivity (Wildman–Crippen MR) is 65.4 cm³/mol. The van der Waals surface area contributed by atoms with Gasteiger partial charge in [-0.15, -0.1) is 0 Å². The number of pyridine rings is 1.